The van der Waals surface area contributed by atoms with E-state index < -0.39 is 0 Å². The van der Waals surface area contributed by atoms with Gasteiger partial charge in [0.05, 0.1) is 12.6 Å². The number of Topliss-reactive ketones (excluding diaryl/α,β-unsaturated/α-hetero) is 2. The van der Waals surface area contributed by atoms with Crippen molar-refractivity contribution in [2.45, 2.75) is 32.7 Å². The third-order valence-corrected chi connectivity index (χ3v) is 2.15. The highest BCUT2D eigenvalue weighted by molar-refractivity contribution is 7.80. The fourth-order valence-corrected chi connectivity index (χ4v) is 0.933. The van der Waals surface area contributed by atoms with Crippen LogP contribution in [0.2, 0.25) is 0 Å². The van der Waals surface area contributed by atoms with Crippen LogP contribution in [0.25, 0.3) is 0 Å². The Bertz CT molecular complexity index is 182. The Balaban J connectivity index is 3.52. The molecule has 0 saturated heterocycles. The molecule has 0 spiro atoms. The van der Waals surface area contributed by atoms with Crippen LogP contribution in [0.1, 0.15) is 26.7 Å². The summed E-state index contributed by atoms with van der Waals surface area (Å²) in [6.07, 6.45) is 1.35. The number of hydrogen-bond donors (Lipinski definition) is 2. The largest absolute Gasteiger partial charge is 0.301 e. The normalized spacial score (nSPS) is 12.5. The van der Waals surface area contributed by atoms with Crippen LogP contribution in [0, 0.1) is 0 Å². The highest BCUT2D eigenvalue weighted by Crippen LogP contribution is 1.93. The Morgan fingerprint density at radius 2 is 2.08 bits per heavy atom. The van der Waals surface area contributed by atoms with Crippen molar-refractivity contribution in [3.63, 3.8) is 0 Å². The number of hydrogen-bond acceptors (Lipinski definition) is 4. The first-order valence-corrected chi connectivity index (χ1v) is 5.07. The highest BCUT2D eigenvalue weighted by atomic mass is 32.1. The molecule has 0 saturated carbocycles. The maximum atomic E-state index is 11.1. The van der Waals surface area contributed by atoms with Crippen LogP contribution in [0.15, 0.2) is 0 Å². The van der Waals surface area contributed by atoms with Crippen molar-refractivity contribution in [3.05, 3.63) is 0 Å². The summed E-state index contributed by atoms with van der Waals surface area (Å²) in [5, 5.41) is 2.87. The minimum Gasteiger partial charge on any atom is -0.301 e. The van der Waals surface area contributed by atoms with Crippen molar-refractivity contribution in [1.82, 2.24) is 5.32 Å². The van der Waals surface area contributed by atoms with Gasteiger partial charge in [-0.05, 0) is 26.0 Å². The standard InChI is InChI=1S/C9H17NO2S/c1-7(8(2)11)10-6-9(12)4-3-5-13/h7,10,13H,3-6H2,1-2H3/t7-/m0/s1. The van der Waals surface area contributed by atoms with Crippen LogP contribution >= 0.6 is 12.6 Å². The molecular weight excluding hydrogens is 186 g/mol. The smallest absolute Gasteiger partial charge is 0.146 e. The number of ketones is 2. The molecule has 0 aromatic rings. The first kappa shape index (κ1) is 12.7. The van der Waals surface area contributed by atoms with Crippen molar-refractivity contribution in [1.29, 1.82) is 0 Å². The van der Waals surface area contributed by atoms with Gasteiger partial charge in [0.25, 0.3) is 0 Å². The molecular formula is C9H17NO2S. The maximum absolute atomic E-state index is 11.1. The summed E-state index contributed by atoms with van der Waals surface area (Å²) < 4.78 is 0. The average molecular weight is 203 g/mol. The molecule has 0 aliphatic heterocycles. The number of nitrogens with one attached hydrogen (secondary N) is 1. The molecule has 1 N–H and O–H groups in total. The molecule has 0 bridgehead atoms. The zero-order valence-electron chi connectivity index (χ0n) is 8.17. The van der Waals surface area contributed by atoms with E-state index in [2.05, 4.69) is 17.9 Å². The van der Waals surface area contributed by atoms with Crippen molar-refractivity contribution >= 4 is 24.2 Å². The third-order valence-electron chi connectivity index (χ3n) is 1.83. The van der Waals surface area contributed by atoms with Crippen LogP contribution in [0.5, 0.6) is 0 Å². The summed E-state index contributed by atoms with van der Waals surface area (Å²) in [6, 6.07) is -0.222. The van der Waals surface area contributed by atoms with Gasteiger partial charge >= 0.3 is 0 Å². The van der Waals surface area contributed by atoms with E-state index in [1.165, 1.54) is 6.92 Å². The van der Waals surface area contributed by atoms with Crippen LogP contribution in [-0.4, -0.2) is 29.9 Å². The van der Waals surface area contributed by atoms with Crippen LogP contribution < -0.4 is 5.32 Å². The molecule has 13 heavy (non-hydrogen) atoms. The molecule has 0 unspecified atom stereocenters. The van der Waals surface area contributed by atoms with E-state index in [1.54, 1.807) is 6.92 Å². The van der Waals surface area contributed by atoms with Gasteiger partial charge in [-0.1, -0.05) is 0 Å². The van der Waals surface area contributed by atoms with Gasteiger partial charge in [0, 0.05) is 6.42 Å². The van der Waals surface area contributed by atoms with E-state index in [9.17, 15) is 9.59 Å². The molecule has 0 aliphatic rings. The predicted molar refractivity (Wildman–Crippen MR) is 56.2 cm³/mol. The molecule has 0 rings (SSSR count). The van der Waals surface area contributed by atoms with E-state index in [4.69, 9.17) is 0 Å². The number of thiol groups is 1. The third kappa shape index (κ3) is 6.78. The zero-order valence-corrected chi connectivity index (χ0v) is 9.06. The quantitative estimate of drug-likeness (QED) is 0.603. The lowest BCUT2D eigenvalue weighted by atomic mass is 10.2. The summed E-state index contributed by atoms with van der Waals surface area (Å²) in [5.74, 6) is 0.928. The summed E-state index contributed by atoms with van der Waals surface area (Å²) >= 11 is 4.01. The molecule has 76 valence electrons. The van der Waals surface area contributed by atoms with E-state index in [0.29, 0.717) is 6.42 Å². The number of carbonyl (C=O) groups is 2. The molecule has 0 radical (unpaired) electrons. The highest BCUT2D eigenvalue weighted by Gasteiger charge is 2.08. The van der Waals surface area contributed by atoms with Crippen molar-refractivity contribution in [2.24, 2.45) is 0 Å². The van der Waals surface area contributed by atoms with Gasteiger partial charge in [0.1, 0.15) is 11.6 Å². The SMILES string of the molecule is CC(=O)[C@H](C)NCC(=O)CCCS. The fourth-order valence-electron chi connectivity index (χ4n) is 0.775. The molecule has 0 heterocycles. The second-order valence-corrected chi connectivity index (χ2v) is 3.53. The molecule has 4 heteroatoms. The van der Waals surface area contributed by atoms with Gasteiger partial charge in [0.15, 0.2) is 0 Å². The van der Waals surface area contributed by atoms with Gasteiger partial charge in [-0.15, -0.1) is 0 Å². The molecule has 0 amide bonds. The van der Waals surface area contributed by atoms with Gasteiger partial charge in [-0.2, -0.15) is 12.6 Å². The fraction of sp³-hybridized carbons (Fsp3) is 0.778. The molecule has 1 atom stereocenters. The molecule has 0 fully saturated rings. The average Bonchev–Trinajstić information content (AvgIpc) is 2.10. The Kier molecular flexibility index (Phi) is 6.90. The minimum absolute atomic E-state index is 0.0574. The minimum atomic E-state index is -0.222. The van der Waals surface area contributed by atoms with Crippen molar-refractivity contribution in [3.8, 4) is 0 Å². The van der Waals surface area contributed by atoms with Crippen molar-refractivity contribution in [2.75, 3.05) is 12.3 Å². The first-order chi connectivity index (χ1) is 6.07. The van der Waals surface area contributed by atoms with E-state index in [-0.39, 0.29) is 24.2 Å². The zero-order chi connectivity index (χ0) is 10.3. The molecule has 0 aromatic carbocycles. The van der Waals surface area contributed by atoms with E-state index in [1.807, 2.05) is 0 Å². The second kappa shape index (κ2) is 7.09. The summed E-state index contributed by atoms with van der Waals surface area (Å²) in [7, 11) is 0. The van der Waals surface area contributed by atoms with Gasteiger partial charge in [0.2, 0.25) is 0 Å². The number of carbonyl (C=O) groups excluding carboxylic acids is 2. The molecule has 3 nitrogen and oxygen atoms in total. The van der Waals surface area contributed by atoms with Crippen LogP contribution in [-0.2, 0) is 9.59 Å². The predicted octanol–water partition coefficient (Wildman–Crippen LogP) is 0.833. The Morgan fingerprint density at radius 1 is 1.46 bits per heavy atom. The summed E-state index contributed by atoms with van der Waals surface area (Å²) in [5.41, 5.74) is 0. The number of rotatable bonds is 7. The van der Waals surface area contributed by atoms with E-state index in [0.717, 1.165) is 12.2 Å². The molecule has 0 aromatic heterocycles. The Hall–Kier alpha value is -0.350. The lowest BCUT2D eigenvalue weighted by Crippen LogP contribution is -2.36. The van der Waals surface area contributed by atoms with Crippen LogP contribution in [0.3, 0.4) is 0 Å². The Labute approximate surface area is 84.7 Å². The summed E-state index contributed by atoms with van der Waals surface area (Å²) in [6.45, 7) is 3.55. The monoisotopic (exact) mass is 203 g/mol. The topological polar surface area (TPSA) is 46.2 Å². The second-order valence-electron chi connectivity index (χ2n) is 3.08. The van der Waals surface area contributed by atoms with Crippen LogP contribution in [0.4, 0.5) is 0 Å². The first-order valence-electron chi connectivity index (χ1n) is 4.44. The van der Waals surface area contributed by atoms with Gasteiger partial charge < -0.3 is 5.32 Å². The van der Waals surface area contributed by atoms with Gasteiger partial charge in [-0.3, -0.25) is 9.59 Å². The summed E-state index contributed by atoms with van der Waals surface area (Å²) in [4.78, 5) is 21.9. The Morgan fingerprint density at radius 3 is 2.54 bits per heavy atom. The van der Waals surface area contributed by atoms with Crippen molar-refractivity contribution < 1.29 is 9.59 Å². The van der Waals surface area contributed by atoms with Gasteiger partial charge in [-0.25, -0.2) is 0 Å². The lowest BCUT2D eigenvalue weighted by molar-refractivity contribution is -0.120. The lowest BCUT2D eigenvalue weighted by Gasteiger charge is -2.08. The maximum Gasteiger partial charge on any atom is 0.146 e. The molecule has 0 aliphatic carbocycles. The van der Waals surface area contributed by atoms with E-state index >= 15 is 0 Å².